The average Bonchev–Trinajstić information content (AvgIpc) is 3.09. The summed E-state index contributed by atoms with van der Waals surface area (Å²) in [5, 5.41) is 16.8. The molecule has 0 spiro atoms. The number of hydrogen-bond acceptors (Lipinski definition) is 3. The van der Waals surface area contributed by atoms with Crippen LogP contribution in [0.15, 0.2) is 24.3 Å². The normalized spacial score (nSPS) is 14.1. The van der Waals surface area contributed by atoms with E-state index in [9.17, 15) is 5.11 Å². The molecule has 1 aliphatic heterocycles. The van der Waals surface area contributed by atoms with Gasteiger partial charge in [0.15, 0.2) is 0 Å². The molecule has 0 saturated carbocycles. The summed E-state index contributed by atoms with van der Waals surface area (Å²) in [6, 6.07) is 7.39. The standard InChI is InChI=1S/C23H26Cl3N3O/c1-3-8-23(30,9-4-2)17-13-16(15-7-6-14(24)12-18(15)25)19(26)20-21(17)29-11-5-10-27-22(29)28-20/h6-7,12-13,30H,3-5,8-11H2,1-2H3,(H,27,28). The van der Waals surface area contributed by atoms with Gasteiger partial charge in [-0.15, -0.1) is 0 Å². The first-order valence-electron chi connectivity index (χ1n) is 10.5. The largest absolute Gasteiger partial charge is 0.385 e. The fourth-order valence-electron chi connectivity index (χ4n) is 4.55. The highest BCUT2D eigenvalue weighted by Gasteiger charge is 2.34. The van der Waals surface area contributed by atoms with E-state index in [0.717, 1.165) is 60.5 Å². The van der Waals surface area contributed by atoms with Gasteiger partial charge in [-0.1, -0.05) is 67.6 Å². The lowest BCUT2D eigenvalue weighted by atomic mass is 9.83. The molecule has 2 N–H and O–H groups in total. The number of imidazole rings is 1. The van der Waals surface area contributed by atoms with E-state index in [1.165, 1.54) is 0 Å². The van der Waals surface area contributed by atoms with Gasteiger partial charge in [-0.3, -0.25) is 0 Å². The molecule has 2 heterocycles. The summed E-state index contributed by atoms with van der Waals surface area (Å²) in [6.07, 6.45) is 4.08. The topological polar surface area (TPSA) is 50.1 Å². The zero-order valence-corrected chi connectivity index (χ0v) is 19.5. The predicted molar refractivity (Wildman–Crippen MR) is 127 cm³/mol. The van der Waals surface area contributed by atoms with Crippen LogP contribution in [-0.2, 0) is 12.1 Å². The van der Waals surface area contributed by atoms with Crippen molar-refractivity contribution < 1.29 is 5.11 Å². The first kappa shape index (κ1) is 21.8. The molecule has 0 radical (unpaired) electrons. The van der Waals surface area contributed by atoms with Crippen molar-refractivity contribution in [3.63, 3.8) is 0 Å². The van der Waals surface area contributed by atoms with E-state index in [4.69, 9.17) is 39.8 Å². The summed E-state index contributed by atoms with van der Waals surface area (Å²) in [5.74, 6) is 0.800. The van der Waals surface area contributed by atoms with Crippen molar-refractivity contribution in [1.82, 2.24) is 9.55 Å². The van der Waals surface area contributed by atoms with Crippen LogP contribution < -0.4 is 5.32 Å². The molecule has 0 atom stereocenters. The molecule has 4 rings (SSSR count). The van der Waals surface area contributed by atoms with Crippen molar-refractivity contribution in [2.75, 3.05) is 11.9 Å². The van der Waals surface area contributed by atoms with E-state index in [2.05, 4.69) is 23.7 Å². The third kappa shape index (κ3) is 3.69. The van der Waals surface area contributed by atoms with E-state index < -0.39 is 5.60 Å². The number of nitrogens with zero attached hydrogens (tertiary/aromatic N) is 2. The summed E-state index contributed by atoms with van der Waals surface area (Å²) in [5.41, 5.74) is 3.07. The number of aliphatic hydroxyl groups is 1. The Balaban J connectivity index is 2.07. The molecule has 1 aromatic heterocycles. The van der Waals surface area contributed by atoms with Crippen molar-refractivity contribution >= 4 is 51.8 Å². The summed E-state index contributed by atoms with van der Waals surface area (Å²) in [4.78, 5) is 4.82. The third-order valence-corrected chi connectivity index (χ3v) is 6.78. The Kier molecular flexibility index (Phi) is 6.23. The monoisotopic (exact) mass is 465 g/mol. The number of aromatic nitrogens is 2. The van der Waals surface area contributed by atoms with Crippen LogP contribution in [0.2, 0.25) is 15.1 Å². The molecule has 0 unspecified atom stereocenters. The number of anilines is 1. The van der Waals surface area contributed by atoms with Crippen molar-refractivity contribution in [3.8, 4) is 11.1 Å². The first-order valence-corrected chi connectivity index (χ1v) is 11.7. The van der Waals surface area contributed by atoms with Crippen molar-refractivity contribution in [1.29, 1.82) is 0 Å². The van der Waals surface area contributed by atoms with Crippen molar-refractivity contribution in [2.24, 2.45) is 0 Å². The first-order chi connectivity index (χ1) is 14.4. The van der Waals surface area contributed by atoms with Crippen LogP contribution in [0.5, 0.6) is 0 Å². The molecule has 0 saturated heterocycles. The number of fused-ring (bicyclic) bond motifs is 3. The van der Waals surface area contributed by atoms with Gasteiger partial charge < -0.3 is 15.0 Å². The van der Waals surface area contributed by atoms with Crippen molar-refractivity contribution in [3.05, 3.63) is 44.9 Å². The fourth-order valence-corrected chi connectivity index (χ4v) is 5.35. The van der Waals surface area contributed by atoms with Crippen LogP contribution in [0, 0.1) is 0 Å². The number of rotatable bonds is 6. The minimum absolute atomic E-state index is 0.520. The smallest absolute Gasteiger partial charge is 0.203 e. The van der Waals surface area contributed by atoms with E-state index in [0.29, 0.717) is 33.4 Å². The fraction of sp³-hybridized carbons (Fsp3) is 0.435. The van der Waals surface area contributed by atoms with E-state index in [-0.39, 0.29) is 0 Å². The Morgan fingerprint density at radius 3 is 2.50 bits per heavy atom. The minimum Gasteiger partial charge on any atom is -0.385 e. The van der Waals surface area contributed by atoms with E-state index in [1.54, 1.807) is 12.1 Å². The van der Waals surface area contributed by atoms with Crippen LogP contribution >= 0.6 is 34.8 Å². The van der Waals surface area contributed by atoms with Crippen LogP contribution in [0.25, 0.3) is 22.2 Å². The lowest BCUT2D eigenvalue weighted by molar-refractivity contribution is 0.0181. The maximum absolute atomic E-state index is 11.8. The molecule has 0 aliphatic carbocycles. The zero-order valence-electron chi connectivity index (χ0n) is 17.2. The van der Waals surface area contributed by atoms with Crippen LogP contribution in [0.3, 0.4) is 0 Å². The van der Waals surface area contributed by atoms with E-state index in [1.807, 2.05) is 12.1 Å². The van der Waals surface area contributed by atoms with Crippen LogP contribution in [-0.4, -0.2) is 21.2 Å². The second kappa shape index (κ2) is 8.58. The summed E-state index contributed by atoms with van der Waals surface area (Å²) < 4.78 is 2.16. The highest BCUT2D eigenvalue weighted by atomic mass is 35.5. The predicted octanol–water partition coefficient (Wildman–Crippen LogP) is 7.27. The molecule has 4 nitrogen and oxygen atoms in total. The Hall–Kier alpha value is -1.46. The minimum atomic E-state index is -0.964. The maximum atomic E-state index is 11.8. The lowest BCUT2D eigenvalue weighted by Crippen LogP contribution is -2.27. The zero-order chi connectivity index (χ0) is 21.5. The molecular formula is C23H26Cl3N3O. The van der Waals surface area contributed by atoms with Gasteiger partial charge in [0.2, 0.25) is 5.95 Å². The third-order valence-electron chi connectivity index (χ3n) is 5.85. The second-order valence-electron chi connectivity index (χ2n) is 8.01. The number of nitrogens with one attached hydrogen (secondary N) is 1. The SMILES string of the molecule is CCCC(O)(CCC)c1cc(-c2ccc(Cl)cc2Cl)c(Cl)c2nc3n(c12)CCCN3. The highest BCUT2D eigenvalue weighted by molar-refractivity contribution is 6.40. The van der Waals surface area contributed by atoms with Crippen LogP contribution in [0.1, 0.15) is 51.5 Å². The van der Waals surface area contributed by atoms with E-state index >= 15 is 0 Å². The quantitative estimate of drug-likeness (QED) is 0.401. The van der Waals surface area contributed by atoms with Gasteiger partial charge in [-0.2, -0.15) is 0 Å². The van der Waals surface area contributed by atoms with Gasteiger partial charge in [0, 0.05) is 39.8 Å². The Morgan fingerprint density at radius 1 is 1.10 bits per heavy atom. The molecule has 2 aromatic carbocycles. The molecule has 7 heteroatoms. The number of hydrogen-bond donors (Lipinski definition) is 2. The molecule has 0 bridgehead atoms. The number of aryl methyl sites for hydroxylation is 1. The molecular weight excluding hydrogens is 441 g/mol. The van der Waals surface area contributed by atoms with Gasteiger partial charge in [-0.25, -0.2) is 4.98 Å². The van der Waals surface area contributed by atoms with Crippen molar-refractivity contribution in [2.45, 2.75) is 58.1 Å². The van der Waals surface area contributed by atoms with Gasteiger partial charge in [0.1, 0.15) is 5.52 Å². The molecule has 1 aliphatic rings. The molecule has 3 aromatic rings. The number of benzene rings is 2. The van der Waals surface area contributed by atoms with Gasteiger partial charge >= 0.3 is 0 Å². The Labute approximate surface area is 192 Å². The highest BCUT2D eigenvalue weighted by Crippen LogP contribution is 2.45. The molecule has 160 valence electrons. The lowest BCUT2D eigenvalue weighted by Gasteiger charge is -2.30. The summed E-state index contributed by atoms with van der Waals surface area (Å²) >= 11 is 19.6. The molecule has 0 amide bonds. The maximum Gasteiger partial charge on any atom is 0.203 e. The second-order valence-corrected chi connectivity index (χ2v) is 9.23. The van der Waals surface area contributed by atoms with Gasteiger partial charge in [0.05, 0.1) is 16.1 Å². The Bertz CT molecular complexity index is 1090. The van der Waals surface area contributed by atoms with Gasteiger partial charge in [0.25, 0.3) is 0 Å². The summed E-state index contributed by atoms with van der Waals surface area (Å²) in [7, 11) is 0. The van der Waals surface area contributed by atoms with Crippen LogP contribution in [0.4, 0.5) is 5.95 Å². The molecule has 0 fully saturated rings. The average molecular weight is 467 g/mol. The summed E-state index contributed by atoms with van der Waals surface area (Å²) in [6.45, 7) is 5.91. The molecule has 30 heavy (non-hydrogen) atoms. The van der Waals surface area contributed by atoms with Gasteiger partial charge in [-0.05, 0) is 37.5 Å². The number of halogens is 3. The Morgan fingerprint density at radius 2 is 1.83 bits per heavy atom.